The zero-order valence-corrected chi connectivity index (χ0v) is 15.6. The molecule has 0 saturated heterocycles. The summed E-state index contributed by atoms with van der Waals surface area (Å²) in [4.78, 5) is 11.5. The molecule has 0 unspecified atom stereocenters. The summed E-state index contributed by atoms with van der Waals surface area (Å²) >= 11 is 1.53. The van der Waals surface area contributed by atoms with Crippen LogP contribution in [0.25, 0.3) is 11.4 Å². The number of hydrogen-bond acceptors (Lipinski definition) is 5. The maximum absolute atomic E-state index is 13.2. The average molecular weight is 383 g/mol. The highest BCUT2D eigenvalue weighted by molar-refractivity contribution is 7.98. The van der Waals surface area contributed by atoms with Gasteiger partial charge in [0.1, 0.15) is 5.82 Å². The molecule has 0 saturated carbocycles. The lowest BCUT2D eigenvalue weighted by Crippen LogP contribution is -2.01. The highest BCUT2D eigenvalue weighted by atomic mass is 32.2. The molecule has 1 aromatic heterocycles. The third kappa shape index (κ3) is 4.43. The standard InChI is InChI=1S/C20H18FN3O2S/c1-3-12-24-18(15-8-10-17(21)11-9-15)22-23-20(24)27-13-14-4-6-16(7-5-14)19(25)26-2/h3-11H,1,12-13H2,2H3. The maximum Gasteiger partial charge on any atom is 0.337 e. The van der Waals surface area contributed by atoms with Crippen molar-refractivity contribution < 1.29 is 13.9 Å². The Labute approximate surface area is 160 Å². The van der Waals surface area contributed by atoms with Crippen molar-refractivity contribution in [3.63, 3.8) is 0 Å². The van der Waals surface area contributed by atoms with Crippen molar-refractivity contribution in [3.8, 4) is 11.4 Å². The van der Waals surface area contributed by atoms with E-state index in [0.717, 1.165) is 16.3 Å². The molecule has 5 nitrogen and oxygen atoms in total. The van der Waals surface area contributed by atoms with Crippen LogP contribution in [0.15, 0.2) is 66.3 Å². The average Bonchev–Trinajstić information content (AvgIpc) is 3.09. The molecule has 27 heavy (non-hydrogen) atoms. The summed E-state index contributed by atoms with van der Waals surface area (Å²) in [5.41, 5.74) is 2.35. The van der Waals surface area contributed by atoms with Crippen LogP contribution in [-0.4, -0.2) is 27.8 Å². The highest BCUT2D eigenvalue weighted by Crippen LogP contribution is 2.26. The van der Waals surface area contributed by atoms with Gasteiger partial charge in [0.15, 0.2) is 11.0 Å². The second kappa shape index (κ2) is 8.64. The molecular weight excluding hydrogens is 365 g/mol. The van der Waals surface area contributed by atoms with Crippen molar-refractivity contribution in [2.24, 2.45) is 0 Å². The first kappa shape index (κ1) is 18.8. The van der Waals surface area contributed by atoms with Gasteiger partial charge < -0.3 is 4.74 Å². The Morgan fingerprint density at radius 3 is 2.52 bits per heavy atom. The predicted molar refractivity (Wildman–Crippen MR) is 103 cm³/mol. The number of hydrogen-bond donors (Lipinski definition) is 0. The Balaban J connectivity index is 1.77. The van der Waals surface area contributed by atoms with Gasteiger partial charge in [-0.25, -0.2) is 9.18 Å². The second-order valence-corrected chi connectivity index (χ2v) is 6.63. The van der Waals surface area contributed by atoms with E-state index in [9.17, 15) is 9.18 Å². The lowest BCUT2D eigenvalue weighted by atomic mass is 10.1. The fourth-order valence-corrected chi connectivity index (χ4v) is 3.41. The number of rotatable bonds is 7. The molecular formula is C20H18FN3O2S. The van der Waals surface area contributed by atoms with Gasteiger partial charge in [-0.05, 0) is 42.0 Å². The van der Waals surface area contributed by atoms with Crippen LogP contribution in [0.2, 0.25) is 0 Å². The maximum atomic E-state index is 13.2. The summed E-state index contributed by atoms with van der Waals surface area (Å²) in [5, 5.41) is 9.27. The van der Waals surface area contributed by atoms with Gasteiger partial charge in [-0.2, -0.15) is 0 Å². The fourth-order valence-electron chi connectivity index (χ4n) is 2.50. The summed E-state index contributed by atoms with van der Waals surface area (Å²) in [6, 6.07) is 13.4. The van der Waals surface area contributed by atoms with Crippen LogP contribution in [-0.2, 0) is 17.0 Å². The molecule has 0 radical (unpaired) electrons. The molecule has 0 bridgehead atoms. The number of aromatic nitrogens is 3. The van der Waals surface area contributed by atoms with Gasteiger partial charge in [0.2, 0.25) is 0 Å². The van der Waals surface area contributed by atoms with E-state index in [0.29, 0.717) is 23.7 Å². The van der Waals surface area contributed by atoms with Crippen LogP contribution in [0.5, 0.6) is 0 Å². The Morgan fingerprint density at radius 2 is 1.89 bits per heavy atom. The number of benzene rings is 2. The Kier molecular flexibility index (Phi) is 6.03. The summed E-state index contributed by atoms with van der Waals surface area (Å²) in [5.74, 6) is 0.681. The van der Waals surface area contributed by atoms with Crippen molar-refractivity contribution >= 4 is 17.7 Å². The Morgan fingerprint density at radius 1 is 1.19 bits per heavy atom. The number of nitrogens with zero attached hydrogens (tertiary/aromatic N) is 3. The van der Waals surface area contributed by atoms with E-state index >= 15 is 0 Å². The van der Waals surface area contributed by atoms with E-state index < -0.39 is 0 Å². The molecule has 0 spiro atoms. The van der Waals surface area contributed by atoms with E-state index in [4.69, 9.17) is 4.74 Å². The molecule has 1 heterocycles. The summed E-state index contributed by atoms with van der Waals surface area (Å²) in [7, 11) is 1.36. The minimum Gasteiger partial charge on any atom is -0.465 e. The van der Waals surface area contributed by atoms with E-state index in [1.54, 1.807) is 30.3 Å². The monoisotopic (exact) mass is 383 g/mol. The van der Waals surface area contributed by atoms with Crippen LogP contribution in [0.1, 0.15) is 15.9 Å². The van der Waals surface area contributed by atoms with E-state index in [2.05, 4.69) is 16.8 Å². The number of carbonyl (C=O) groups is 1. The molecule has 3 rings (SSSR count). The second-order valence-electron chi connectivity index (χ2n) is 5.69. The molecule has 0 aliphatic heterocycles. The molecule has 0 atom stereocenters. The summed E-state index contributed by atoms with van der Waals surface area (Å²) < 4.78 is 19.8. The molecule has 7 heteroatoms. The SMILES string of the molecule is C=CCn1c(SCc2ccc(C(=O)OC)cc2)nnc1-c1ccc(F)cc1. The number of halogens is 1. The summed E-state index contributed by atoms with van der Waals surface area (Å²) in [6.07, 6.45) is 1.77. The van der Waals surface area contributed by atoms with Crippen molar-refractivity contribution in [1.82, 2.24) is 14.8 Å². The van der Waals surface area contributed by atoms with Gasteiger partial charge in [-0.1, -0.05) is 30.0 Å². The summed E-state index contributed by atoms with van der Waals surface area (Å²) in [6.45, 7) is 4.33. The topological polar surface area (TPSA) is 57.0 Å². The molecule has 0 amide bonds. The lowest BCUT2D eigenvalue weighted by molar-refractivity contribution is 0.0600. The van der Waals surface area contributed by atoms with E-state index in [1.807, 2.05) is 16.7 Å². The molecule has 0 fully saturated rings. The van der Waals surface area contributed by atoms with Gasteiger partial charge in [0.25, 0.3) is 0 Å². The molecule has 2 aromatic carbocycles. The van der Waals surface area contributed by atoms with Crippen LogP contribution in [0, 0.1) is 5.82 Å². The van der Waals surface area contributed by atoms with Gasteiger partial charge in [0.05, 0.1) is 12.7 Å². The first-order valence-corrected chi connectivity index (χ1v) is 9.21. The zero-order chi connectivity index (χ0) is 19.2. The van der Waals surface area contributed by atoms with Crippen molar-refractivity contribution in [3.05, 3.63) is 78.1 Å². The Bertz CT molecular complexity index is 937. The number of carbonyl (C=O) groups excluding carboxylic acids is 1. The molecule has 3 aromatic rings. The van der Waals surface area contributed by atoms with Gasteiger partial charge in [0, 0.05) is 17.9 Å². The number of ether oxygens (including phenoxy) is 1. The van der Waals surface area contributed by atoms with Gasteiger partial charge in [-0.15, -0.1) is 16.8 Å². The first-order valence-electron chi connectivity index (χ1n) is 8.22. The van der Waals surface area contributed by atoms with Crippen molar-refractivity contribution in [2.75, 3.05) is 7.11 Å². The normalized spacial score (nSPS) is 10.6. The van der Waals surface area contributed by atoms with Crippen LogP contribution < -0.4 is 0 Å². The van der Waals surface area contributed by atoms with E-state index in [1.165, 1.54) is 31.0 Å². The number of esters is 1. The van der Waals surface area contributed by atoms with Crippen LogP contribution in [0.3, 0.4) is 0 Å². The number of methoxy groups -OCH3 is 1. The van der Waals surface area contributed by atoms with Crippen LogP contribution in [0.4, 0.5) is 4.39 Å². The lowest BCUT2D eigenvalue weighted by Gasteiger charge is -2.08. The quantitative estimate of drug-likeness (QED) is 0.345. The van der Waals surface area contributed by atoms with Gasteiger partial charge >= 0.3 is 5.97 Å². The largest absolute Gasteiger partial charge is 0.465 e. The van der Waals surface area contributed by atoms with Crippen molar-refractivity contribution in [1.29, 1.82) is 0 Å². The smallest absolute Gasteiger partial charge is 0.337 e. The third-order valence-corrected chi connectivity index (χ3v) is 4.91. The molecule has 138 valence electrons. The van der Waals surface area contributed by atoms with Gasteiger partial charge in [-0.3, -0.25) is 4.57 Å². The zero-order valence-electron chi connectivity index (χ0n) is 14.8. The molecule has 0 aliphatic rings. The third-order valence-electron chi connectivity index (χ3n) is 3.87. The minimum atomic E-state index is -0.358. The number of thioether (sulfide) groups is 1. The predicted octanol–water partition coefficient (Wildman–Crippen LogP) is 4.35. The molecule has 0 aliphatic carbocycles. The fraction of sp³-hybridized carbons (Fsp3) is 0.150. The first-order chi connectivity index (χ1) is 13.1. The highest BCUT2D eigenvalue weighted by Gasteiger charge is 2.14. The van der Waals surface area contributed by atoms with Crippen LogP contribution >= 0.6 is 11.8 Å². The molecule has 0 N–H and O–H groups in total. The Hall–Kier alpha value is -2.93. The number of allylic oxidation sites excluding steroid dienone is 1. The van der Waals surface area contributed by atoms with Crippen molar-refractivity contribution in [2.45, 2.75) is 17.5 Å². The van der Waals surface area contributed by atoms with E-state index in [-0.39, 0.29) is 11.8 Å². The minimum absolute atomic E-state index is 0.293.